The predicted molar refractivity (Wildman–Crippen MR) is 159 cm³/mol. The van der Waals surface area contributed by atoms with Gasteiger partial charge >= 0.3 is 12.1 Å². The number of carbonyl (C=O) groups is 2. The molecule has 0 aromatic heterocycles. The molecular weight excluding hydrogens is 500 g/mol. The Labute approximate surface area is 239 Å². The van der Waals surface area contributed by atoms with Crippen LogP contribution in [-0.2, 0) is 16.1 Å². The summed E-state index contributed by atoms with van der Waals surface area (Å²) >= 11 is 0. The zero-order valence-electron chi connectivity index (χ0n) is 24.7. The summed E-state index contributed by atoms with van der Waals surface area (Å²) in [6.07, 6.45) is 12.2. The average Bonchev–Trinajstić information content (AvgIpc) is 3.21. The molecule has 1 saturated heterocycles. The summed E-state index contributed by atoms with van der Waals surface area (Å²) in [6, 6.07) is 14.5. The Morgan fingerprint density at radius 3 is 2.42 bits per heavy atom. The van der Waals surface area contributed by atoms with Crippen LogP contribution < -0.4 is 5.32 Å². The summed E-state index contributed by atoms with van der Waals surface area (Å²) in [5.74, 6) is 0.182. The van der Waals surface area contributed by atoms with Crippen LogP contribution in [0.1, 0.15) is 97.0 Å². The van der Waals surface area contributed by atoms with Crippen molar-refractivity contribution in [2.45, 2.75) is 116 Å². The van der Waals surface area contributed by atoms with E-state index in [4.69, 9.17) is 4.74 Å². The number of nitrogens with zero attached hydrogens (tertiary/aromatic N) is 1. The molecule has 6 heteroatoms. The Morgan fingerprint density at radius 1 is 1.00 bits per heavy atom. The number of benzene rings is 2. The highest BCUT2D eigenvalue weighted by Gasteiger charge is 2.58. The molecule has 0 spiro atoms. The quantitative estimate of drug-likeness (QED) is 0.390. The Kier molecular flexibility index (Phi) is 8.75. The average molecular weight is 549 g/mol. The number of amides is 1. The number of carbonyl (C=O) groups excluding carboxylic acids is 1. The minimum atomic E-state index is -0.691. The number of nitrogens with one attached hydrogen (secondary N) is 1. The number of carboxylic acids is 1. The van der Waals surface area contributed by atoms with E-state index in [0.29, 0.717) is 24.9 Å². The molecule has 3 fully saturated rings. The van der Waals surface area contributed by atoms with Gasteiger partial charge in [0.25, 0.3) is 0 Å². The van der Waals surface area contributed by atoms with Crippen LogP contribution in [0.4, 0.5) is 4.79 Å². The molecule has 2 aliphatic carbocycles. The third-order valence-corrected chi connectivity index (χ3v) is 9.98. The van der Waals surface area contributed by atoms with Crippen molar-refractivity contribution in [3.8, 4) is 0 Å². The predicted octanol–water partition coefficient (Wildman–Crippen LogP) is 7.54. The monoisotopic (exact) mass is 548 g/mol. The van der Waals surface area contributed by atoms with Crippen molar-refractivity contribution in [3.63, 3.8) is 0 Å². The van der Waals surface area contributed by atoms with Crippen molar-refractivity contribution in [1.82, 2.24) is 10.2 Å². The van der Waals surface area contributed by atoms with E-state index in [1.165, 1.54) is 61.3 Å². The van der Waals surface area contributed by atoms with E-state index in [2.05, 4.69) is 52.7 Å². The summed E-state index contributed by atoms with van der Waals surface area (Å²) < 4.78 is 5.51. The number of hydrogen-bond acceptors (Lipinski definition) is 4. The maximum Gasteiger partial charge on any atom is 0.407 e. The molecule has 2 aromatic carbocycles. The maximum atomic E-state index is 12.9. The van der Waals surface area contributed by atoms with Crippen molar-refractivity contribution in [2.24, 2.45) is 17.3 Å². The summed E-state index contributed by atoms with van der Waals surface area (Å²) in [5, 5.41) is 16.0. The van der Waals surface area contributed by atoms with Gasteiger partial charge in [-0.1, -0.05) is 74.6 Å². The van der Waals surface area contributed by atoms with Crippen molar-refractivity contribution in [3.05, 3.63) is 48.0 Å². The van der Waals surface area contributed by atoms with Gasteiger partial charge in [-0.15, -0.1) is 0 Å². The highest BCUT2D eigenvalue weighted by atomic mass is 16.6. The summed E-state index contributed by atoms with van der Waals surface area (Å²) in [5.41, 5.74) is 0.694. The molecule has 1 amide bonds. The van der Waals surface area contributed by atoms with Crippen LogP contribution in [0.5, 0.6) is 0 Å². The number of rotatable bonds is 6. The lowest BCUT2D eigenvalue weighted by Crippen LogP contribution is -2.50. The van der Waals surface area contributed by atoms with Gasteiger partial charge in [-0.3, -0.25) is 9.69 Å². The van der Waals surface area contributed by atoms with Crippen LogP contribution >= 0.6 is 0 Å². The van der Waals surface area contributed by atoms with E-state index >= 15 is 0 Å². The minimum absolute atomic E-state index is 0.0212. The Hall–Kier alpha value is -2.60. The van der Waals surface area contributed by atoms with Crippen LogP contribution in [0.15, 0.2) is 42.5 Å². The number of aliphatic carboxylic acids is 1. The van der Waals surface area contributed by atoms with Gasteiger partial charge in [-0.2, -0.15) is 0 Å². The van der Waals surface area contributed by atoms with E-state index in [1.54, 1.807) is 0 Å². The van der Waals surface area contributed by atoms with E-state index in [1.807, 2.05) is 20.8 Å². The van der Waals surface area contributed by atoms with Gasteiger partial charge in [0, 0.05) is 19.1 Å². The summed E-state index contributed by atoms with van der Waals surface area (Å²) in [7, 11) is 0. The van der Waals surface area contributed by atoms with Crippen molar-refractivity contribution >= 4 is 22.8 Å². The normalized spacial score (nSPS) is 28.4. The van der Waals surface area contributed by atoms with Gasteiger partial charge in [0.15, 0.2) is 0 Å². The van der Waals surface area contributed by atoms with Crippen LogP contribution in [-0.4, -0.2) is 46.3 Å². The lowest BCUT2D eigenvalue weighted by atomic mass is 9.58. The second kappa shape index (κ2) is 12.1. The number of carboxylic acid groups (broad SMARTS) is 1. The SMILES string of the molecule is CC(C)(C)OC(=O)NCC1CCC2(C3CCCCCCC3)CC(C(=O)O)N(Cc3cccc4ccccc34)C2C1. The molecule has 6 nitrogen and oxygen atoms in total. The molecule has 2 saturated carbocycles. The number of alkyl carbamates (subject to hydrolysis) is 1. The van der Waals surface area contributed by atoms with E-state index in [0.717, 1.165) is 25.7 Å². The first-order valence-corrected chi connectivity index (χ1v) is 15.6. The Bertz CT molecular complexity index is 1180. The number of ether oxygens (including phenoxy) is 1. The summed E-state index contributed by atoms with van der Waals surface area (Å²) in [4.78, 5) is 27.7. The van der Waals surface area contributed by atoms with Crippen LogP contribution in [0, 0.1) is 17.3 Å². The molecule has 2 N–H and O–H groups in total. The molecule has 4 atom stereocenters. The molecule has 1 heterocycles. The van der Waals surface area contributed by atoms with Gasteiger partial charge in [0.1, 0.15) is 11.6 Å². The van der Waals surface area contributed by atoms with E-state index in [9.17, 15) is 14.7 Å². The second-order valence-electron chi connectivity index (χ2n) is 13.7. The van der Waals surface area contributed by atoms with Crippen LogP contribution in [0.3, 0.4) is 0 Å². The molecule has 218 valence electrons. The molecule has 5 rings (SSSR count). The lowest BCUT2D eigenvalue weighted by Gasteiger charge is -2.50. The fourth-order valence-corrected chi connectivity index (χ4v) is 8.18. The molecule has 4 unspecified atom stereocenters. The molecular formula is C34H48N2O4. The second-order valence-corrected chi connectivity index (χ2v) is 13.7. The zero-order valence-corrected chi connectivity index (χ0v) is 24.7. The van der Waals surface area contributed by atoms with Gasteiger partial charge in [0.2, 0.25) is 0 Å². The third kappa shape index (κ3) is 6.32. The highest BCUT2D eigenvalue weighted by molar-refractivity contribution is 5.85. The van der Waals surface area contributed by atoms with Gasteiger partial charge in [-0.25, -0.2) is 4.79 Å². The molecule has 0 bridgehead atoms. The van der Waals surface area contributed by atoms with E-state index < -0.39 is 17.6 Å². The smallest absolute Gasteiger partial charge is 0.407 e. The lowest BCUT2D eigenvalue weighted by molar-refractivity contribution is -0.143. The molecule has 1 aliphatic heterocycles. The van der Waals surface area contributed by atoms with Gasteiger partial charge in [0.05, 0.1) is 0 Å². The third-order valence-electron chi connectivity index (χ3n) is 9.98. The van der Waals surface area contributed by atoms with Crippen LogP contribution in [0.2, 0.25) is 0 Å². The molecule has 0 radical (unpaired) electrons. The van der Waals surface area contributed by atoms with Gasteiger partial charge in [-0.05, 0) is 92.9 Å². The first-order valence-electron chi connectivity index (χ1n) is 15.6. The minimum Gasteiger partial charge on any atom is -0.480 e. The van der Waals surface area contributed by atoms with E-state index in [-0.39, 0.29) is 17.6 Å². The first kappa shape index (κ1) is 28.9. The largest absolute Gasteiger partial charge is 0.480 e. The van der Waals surface area contributed by atoms with Crippen LogP contribution in [0.25, 0.3) is 10.8 Å². The summed E-state index contributed by atoms with van der Waals surface area (Å²) in [6.45, 7) is 6.86. The molecule has 2 aromatic rings. The Balaban J connectivity index is 1.45. The fourth-order valence-electron chi connectivity index (χ4n) is 8.18. The topological polar surface area (TPSA) is 78.9 Å². The highest BCUT2D eigenvalue weighted by Crippen LogP contribution is 2.58. The first-order chi connectivity index (χ1) is 19.2. The van der Waals surface area contributed by atoms with Gasteiger partial charge < -0.3 is 15.2 Å². The number of hydrogen-bond donors (Lipinski definition) is 2. The Morgan fingerprint density at radius 2 is 1.70 bits per heavy atom. The molecule has 40 heavy (non-hydrogen) atoms. The maximum absolute atomic E-state index is 12.9. The number of likely N-dealkylation sites (tertiary alicyclic amines) is 1. The van der Waals surface area contributed by atoms with Crippen molar-refractivity contribution < 1.29 is 19.4 Å². The van der Waals surface area contributed by atoms with Crippen molar-refractivity contribution in [1.29, 1.82) is 0 Å². The zero-order chi connectivity index (χ0) is 28.3. The number of fused-ring (bicyclic) bond motifs is 2. The van der Waals surface area contributed by atoms with Crippen molar-refractivity contribution in [2.75, 3.05) is 6.54 Å². The standard InChI is InChI=1S/C34H48N2O4/c1-33(2,3)40-32(39)35-22-24-18-19-34(27-15-7-5-4-6-8-16-27)21-29(31(37)38)36(30(34)20-24)23-26-14-11-13-25-12-9-10-17-28(25)26/h9-14,17,24,27,29-30H,4-8,15-16,18-23H2,1-3H3,(H,35,39)(H,37,38). The fraction of sp³-hybridized carbons (Fsp3) is 0.647. The molecule has 3 aliphatic rings.